The van der Waals surface area contributed by atoms with E-state index in [2.05, 4.69) is 154 Å². The van der Waals surface area contributed by atoms with Gasteiger partial charge in [-0.25, -0.2) is 0 Å². The van der Waals surface area contributed by atoms with E-state index in [1.807, 2.05) is 0 Å². The Bertz CT molecular complexity index is 1560. The van der Waals surface area contributed by atoms with Crippen molar-refractivity contribution < 1.29 is 28.6 Å². The number of ether oxygens (including phenoxy) is 3. The first-order chi connectivity index (χ1) is 35.5. The van der Waals surface area contributed by atoms with Crippen LogP contribution in [0.2, 0.25) is 0 Å². The lowest BCUT2D eigenvalue weighted by Gasteiger charge is -2.18. The molecule has 1 atom stereocenters. The van der Waals surface area contributed by atoms with Crippen molar-refractivity contribution >= 4 is 17.9 Å². The second kappa shape index (κ2) is 59.1. The molecule has 6 heteroatoms. The number of unbranched alkanes of at least 4 members (excludes halogenated alkanes) is 18. The van der Waals surface area contributed by atoms with Crippen molar-refractivity contribution in [3.63, 3.8) is 0 Å². The summed E-state index contributed by atoms with van der Waals surface area (Å²) in [6, 6.07) is 0. The zero-order valence-electron chi connectivity index (χ0n) is 46.4. The average molecular weight is 996 g/mol. The normalized spacial score (nSPS) is 13.1. The number of carbonyl (C=O) groups is 3. The maximum atomic E-state index is 12.7. The molecule has 0 aliphatic rings. The van der Waals surface area contributed by atoms with Gasteiger partial charge in [-0.15, -0.1) is 0 Å². The molecule has 0 aliphatic heterocycles. The van der Waals surface area contributed by atoms with Crippen LogP contribution in [-0.2, 0) is 28.6 Å². The predicted molar refractivity (Wildman–Crippen MR) is 311 cm³/mol. The van der Waals surface area contributed by atoms with Crippen molar-refractivity contribution in [3.05, 3.63) is 134 Å². The van der Waals surface area contributed by atoms with Gasteiger partial charge < -0.3 is 14.2 Å². The van der Waals surface area contributed by atoms with Gasteiger partial charge in [-0.1, -0.05) is 244 Å². The minimum absolute atomic E-state index is 0.0904. The zero-order valence-corrected chi connectivity index (χ0v) is 46.4. The molecular formula is C66H106O6. The van der Waals surface area contributed by atoms with Gasteiger partial charge in [0.15, 0.2) is 6.10 Å². The van der Waals surface area contributed by atoms with Crippen LogP contribution in [0.1, 0.15) is 245 Å². The standard InChI is InChI=1S/C66H106O6/c1-4-7-10-13-15-17-19-21-23-24-25-26-27-28-29-30-31-32-33-34-35-36-37-38-39-40-41-42-43-45-46-48-50-53-56-59-65(68)71-62-63(61-70-64(67)58-55-52-12-9-6-3)72-66(69)60-57-54-51-49-47-44-22-20-18-16-14-11-8-5-2/h7,10,14-17,20-23,25-26,28-29,31-32,34-35,37-38,40-41,63H,4-6,8-9,11-13,18-19,24,27,30,33,36,39,42-62H2,1-3H3/b10-7-,16-14-,17-15-,22-20-,23-21-,26-25-,29-28-,32-31-,35-34-,38-37-,41-40-. The second-order valence-corrected chi connectivity index (χ2v) is 18.8. The van der Waals surface area contributed by atoms with E-state index in [0.29, 0.717) is 19.3 Å². The maximum absolute atomic E-state index is 12.7. The van der Waals surface area contributed by atoms with Gasteiger partial charge >= 0.3 is 17.9 Å². The first-order valence-corrected chi connectivity index (χ1v) is 29.2. The minimum atomic E-state index is -0.789. The number of allylic oxidation sites excluding steroid dienone is 22. The largest absolute Gasteiger partial charge is 0.462 e. The Morgan fingerprint density at radius 2 is 0.556 bits per heavy atom. The average Bonchev–Trinajstić information content (AvgIpc) is 3.38. The highest BCUT2D eigenvalue weighted by Crippen LogP contribution is 2.13. The molecule has 0 aromatic heterocycles. The molecule has 0 saturated heterocycles. The summed E-state index contributed by atoms with van der Waals surface area (Å²) < 4.78 is 16.7. The molecule has 6 nitrogen and oxygen atoms in total. The molecular weight excluding hydrogens is 889 g/mol. The van der Waals surface area contributed by atoms with E-state index in [0.717, 1.165) is 161 Å². The van der Waals surface area contributed by atoms with Crippen LogP contribution in [0, 0.1) is 0 Å². The first kappa shape index (κ1) is 67.5. The fourth-order valence-corrected chi connectivity index (χ4v) is 7.51. The van der Waals surface area contributed by atoms with Gasteiger partial charge in [-0.2, -0.15) is 0 Å². The summed E-state index contributed by atoms with van der Waals surface area (Å²) in [7, 11) is 0. The van der Waals surface area contributed by atoms with Crippen LogP contribution < -0.4 is 0 Å². The van der Waals surface area contributed by atoms with E-state index in [-0.39, 0.29) is 31.1 Å². The number of hydrogen-bond donors (Lipinski definition) is 0. The number of esters is 3. The van der Waals surface area contributed by atoms with Crippen molar-refractivity contribution in [1.29, 1.82) is 0 Å². The minimum Gasteiger partial charge on any atom is -0.462 e. The molecule has 0 N–H and O–H groups in total. The van der Waals surface area contributed by atoms with Crippen LogP contribution >= 0.6 is 0 Å². The van der Waals surface area contributed by atoms with E-state index in [4.69, 9.17) is 14.2 Å². The summed E-state index contributed by atoms with van der Waals surface area (Å²) >= 11 is 0. The summed E-state index contributed by atoms with van der Waals surface area (Å²) in [4.78, 5) is 37.7. The van der Waals surface area contributed by atoms with E-state index in [9.17, 15) is 14.4 Å². The summed E-state index contributed by atoms with van der Waals surface area (Å²) in [5.41, 5.74) is 0. The molecule has 0 spiro atoms. The third-order valence-corrected chi connectivity index (χ3v) is 11.9. The quantitative estimate of drug-likeness (QED) is 0.0261. The summed E-state index contributed by atoms with van der Waals surface area (Å²) in [6.45, 7) is 6.36. The van der Waals surface area contributed by atoms with E-state index in [1.165, 1.54) is 44.9 Å². The van der Waals surface area contributed by atoms with Crippen molar-refractivity contribution in [2.45, 2.75) is 252 Å². The van der Waals surface area contributed by atoms with Crippen molar-refractivity contribution in [3.8, 4) is 0 Å². The maximum Gasteiger partial charge on any atom is 0.306 e. The molecule has 0 saturated carbocycles. The topological polar surface area (TPSA) is 78.9 Å². The molecule has 1 unspecified atom stereocenters. The van der Waals surface area contributed by atoms with Crippen LogP contribution in [0.5, 0.6) is 0 Å². The van der Waals surface area contributed by atoms with Gasteiger partial charge in [-0.3, -0.25) is 14.4 Å². The van der Waals surface area contributed by atoms with Gasteiger partial charge in [0.1, 0.15) is 13.2 Å². The van der Waals surface area contributed by atoms with E-state index >= 15 is 0 Å². The smallest absolute Gasteiger partial charge is 0.306 e. The Balaban J connectivity index is 4.09. The van der Waals surface area contributed by atoms with Gasteiger partial charge in [0.05, 0.1) is 0 Å². The monoisotopic (exact) mass is 995 g/mol. The second-order valence-electron chi connectivity index (χ2n) is 18.8. The molecule has 0 rings (SSSR count). The zero-order chi connectivity index (χ0) is 52.2. The fourth-order valence-electron chi connectivity index (χ4n) is 7.51. The Hall–Kier alpha value is -4.45. The molecule has 0 fully saturated rings. The number of rotatable bonds is 51. The van der Waals surface area contributed by atoms with Crippen LogP contribution in [0.15, 0.2) is 134 Å². The Kier molecular flexibility index (Phi) is 55.5. The lowest BCUT2D eigenvalue weighted by Crippen LogP contribution is -2.30. The van der Waals surface area contributed by atoms with Crippen molar-refractivity contribution in [1.82, 2.24) is 0 Å². The molecule has 0 aliphatic carbocycles. The Morgan fingerprint density at radius 3 is 0.889 bits per heavy atom. The molecule has 0 heterocycles. The summed E-state index contributed by atoms with van der Waals surface area (Å²) in [5.74, 6) is -0.936. The molecule has 0 radical (unpaired) electrons. The number of hydrogen-bond acceptors (Lipinski definition) is 6. The molecule has 0 aromatic rings. The fraction of sp³-hybridized carbons (Fsp3) is 0.621. The Morgan fingerprint density at radius 1 is 0.292 bits per heavy atom. The lowest BCUT2D eigenvalue weighted by atomic mass is 10.1. The first-order valence-electron chi connectivity index (χ1n) is 29.2. The van der Waals surface area contributed by atoms with Gasteiger partial charge in [-0.05, 0) is 116 Å². The van der Waals surface area contributed by atoms with Crippen LogP contribution in [-0.4, -0.2) is 37.2 Å². The van der Waals surface area contributed by atoms with Crippen molar-refractivity contribution in [2.24, 2.45) is 0 Å². The molecule has 72 heavy (non-hydrogen) atoms. The lowest BCUT2D eigenvalue weighted by molar-refractivity contribution is -0.167. The summed E-state index contributed by atoms with van der Waals surface area (Å²) in [6.07, 6.45) is 83.5. The van der Waals surface area contributed by atoms with Crippen molar-refractivity contribution in [2.75, 3.05) is 13.2 Å². The molecule has 406 valence electrons. The SMILES string of the molecule is CC/C=C\C/C=C\C/C=C\C/C=C\C/C=C\C/C=C\C/C=C\C/C=C\C/C=C\CCCCCCCCCC(=O)OCC(COC(=O)CCCCCCC)OC(=O)CCCCCCC/C=C\C/C=C\CCCC. The van der Waals surface area contributed by atoms with E-state index in [1.54, 1.807) is 0 Å². The molecule has 0 aromatic carbocycles. The third-order valence-electron chi connectivity index (χ3n) is 11.9. The summed E-state index contributed by atoms with van der Waals surface area (Å²) in [5, 5.41) is 0. The van der Waals surface area contributed by atoms with Crippen LogP contribution in [0.4, 0.5) is 0 Å². The highest BCUT2D eigenvalue weighted by Gasteiger charge is 2.19. The van der Waals surface area contributed by atoms with Gasteiger partial charge in [0.2, 0.25) is 0 Å². The Labute approximate surface area is 443 Å². The van der Waals surface area contributed by atoms with E-state index < -0.39 is 6.10 Å². The van der Waals surface area contributed by atoms with Crippen LogP contribution in [0.25, 0.3) is 0 Å². The highest BCUT2D eigenvalue weighted by molar-refractivity contribution is 5.71. The van der Waals surface area contributed by atoms with Crippen LogP contribution in [0.3, 0.4) is 0 Å². The highest BCUT2D eigenvalue weighted by atomic mass is 16.6. The molecule has 0 amide bonds. The number of carbonyl (C=O) groups excluding carboxylic acids is 3. The molecule has 0 bridgehead atoms. The van der Waals surface area contributed by atoms with Gasteiger partial charge in [0.25, 0.3) is 0 Å². The third kappa shape index (κ3) is 56.5. The predicted octanol–water partition coefficient (Wildman–Crippen LogP) is 19.8. The van der Waals surface area contributed by atoms with Gasteiger partial charge in [0, 0.05) is 19.3 Å².